The van der Waals surface area contributed by atoms with Crippen molar-refractivity contribution in [2.45, 2.75) is 103 Å². The summed E-state index contributed by atoms with van der Waals surface area (Å²) < 4.78 is 41.2. The Labute approximate surface area is 426 Å². The van der Waals surface area contributed by atoms with E-state index in [9.17, 15) is 19.2 Å². The normalized spacial score (nSPS) is 16.6. The van der Waals surface area contributed by atoms with Crippen LogP contribution in [-0.4, -0.2) is 99.1 Å². The number of aromatic nitrogens is 6. The van der Waals surface area contributed by atoms with Gasteiger partial charge in [-0.3, -0.25) is 41.3 Å². The highest BCUT2D eigenvalue weighted by Crippen LogP contribution is 2.32. The van der Waals surface area contributed by atoms with Gasteiger partial charge < -0.3 is 35.0 Å². The van der Waals surface area contributed by atoms with Crippen molar-refractivity contribution >= 4 is 70.5 Å². The molecule has 4 aromatic heterocycles. The number of amides is 4. The quantitative estimate of drug-likeness (QED) is 0.0317. The number of hydrogen-bond acceptors (Lipinski definition) is 16. The molecule has 4 amide bonds. The van der Waals surface area contributed by atoms with Gasteiger partial charge in [0.15, 0.2) is 23.3 Å². The lowest BCUT2D eigenvalue weighted by atomic mass is 9.92. The number of nitrogens with zero attached hydrogens (tertiary/aromatic N) is 8. The number of halogens is 4. The summed E-state index contributed by atoms with van der Waals surface area (Å²) in [5.74, 6) is -3.47. The third-order valence-electron chi connectivity index (χ3n) is 12.6. The molecule has 7 rings (SSSR count). The smallest absolute Gasteiger partial charge is 0.409 e. The van der Waals surface area contributed by atoms with Gasteiger partial charge >= 0.3 is 12.2 Å². The molecule has 0 radical (unpaired) electrons. The van der Waals surface area contributed by atoms with Crippen LogP contribution < -0.4 is 42.1 Å². The fourth-order valence-electron chi connectivity index (χ4n) is 8.85. The molecule has 2 saturated carbocycles. The number of carboxylic acid groups (broad SMARTS) is 1. The predicted molar refractivity (Wildman–Crippen MR) is 264 cm³/mol. The molecule has 0 aromatic carbocycles. The van der Waals surface area contributed by atoms with Gasteiger partial charge in [-0.15, -0.1) is 0 Å². The van der Waals surface area contributed by atoms with Crippen molar-refractivity contribution in [1.82, 2.24) is 51.4 Å². The lowest BCUT2D eigenvalue weighted by molar-refractivity contribution is -0.128. The van der Waals surface area contributed by atoms with E-state index >= 15 is 8.78 Å². The second-order valence-corrected chi connectivity index (χ2v) is 18.7. The number of ether oxygens (including phenoxy) is 2. The average molecular weight is 1040 g/mol. The lowest BCUT2D eigenvalue weighted by Gasteiger charge is -2.24. The second kappa shape index (κ2) is 28.0. The monoisotopic (exact) mass is 1040 g/mol. The van der Waals surface area contributed by atoms with Crippen molar-refractivity contribution in [2.75, 3.05) is 54.4 Å². The number of alkyl carbamates (subject to hydrolysis) is 1. The van der Waals surface area contributed by atoms with Gasteiger partial charge in [-0.2, -0.15) is 28.7 Å². The van der Waals surface area contributed by atoms with Gasteiger partial charge in [0.2, 0.25) is 40.3 Å². The van der Waals surface area contributed by atoms with Gasteiger partial charge in [0.05, 0.1) is 18.4 Å². The van der Waals surface area contributed by atoms with Crippen molar-refractivity contribution < 1.29 is 42.5 Å². The predicted octanol–water partition coefficient (Wildman–Crippen LogP) is 7.40. The summed E-state index contributed by atoms with van der Waals surface area (Å²) in [7, 11) is 3.32. The molecule has 0 spiro atoms. The summed E-state index contributed by atoms with van der Waals surface area (Å²) >= 11 is 12.1. The second-order valence-electron chi connectivity index (χ2n) is 18.0. The Morgan fingerprint density at radius 1 is 0.681 bits per heavy atom. The number of anilines is 4. The van der Waals surface area contributed by atoms with Crippen molar-refractivity contribution in [1.29, 1.82) is 0 Å². The molecule has 1 saturated heterocycles. The molecule has 1 unspecified atom stereocenters. The van der Waals surface area contributed by atoms with E-state index in [0.717, 1.165) is 75.3 Å². The van der Waals surface area contributed by atoms with Crippen LogP contribution in [-0.2, 0) is 32.2 Å². The maximum Gasteiger partial charge on any atom is 0.409 e. The van der Waals surface area contributed by atoms with Crippen LogP contribution in [0.2, 0.25) is 10.6 Å². The number of rotatable bonds is 21. The first-order valence-corrected chi connectivity index (χ1v) is 24.8. The van der Waals surface area contributed by atoms with Gasteiger partial charge in [-0.25, -0.2) is 9.59 Å². The number of pyridine rings is 2. The minimum absolute atomic E-state index is 0.0274. The number of carbonyl (C=O) groups is 4. The van der Waals surface area contributed by atoms with E-state index < -0.39 is 53.8 Å². The Morgan fingerprint density at radius 3 is 1.53 bits per heavy atom. The zero-order chi connectivity index (χ0) is 51.4. The van der Waals surface area contributed by atoms with Crippen molar-refractivity contribution in [3.8, 4) is 0 Å². The summed E-state index contributed by atoms with van der Waals surface area (Å²) in [6, 6.07) is 7.22. The zero-order valence-corrected chi connectivity index (χ0v) is 41.7. The molecule has 5 heterocycles. The highest BCUT2D eigenvalue weighted by molar-refractivity contribution is 6.28. The topological polar surface area (TPSA) is 263 Å². The SMILES string of the molecule is CN(Cc1ccncc1)c1nc(Cl)nc(NNC(=O)[C@@H](CNC(=O)O)CC2CCCC2)c1F.CN(Cc1ccncc1)c1nc(Cl)nc(NNC(=O)[C@@H](CNC(=O)OC2CCCCO2)CC2CCCC2)c1F. The summed E-state index contributed by atoms with van der Waals surface area (Å²) in [5, 5.41) is 13.5. The van der Waals surface area contributed by atoms with E-state index in [4.69, 9.17) is 37.8 Å². The molecule has 4 aromatic rings. The number of carbonyl (C=O) groups excluding carboxylic acids is 3. The fourth-order valence-corrected chi connectivity index (χ4v) is 9.18. The molecule has 1 aliphatic heterocycles. The van der Waals surface area contributed by atoms with Crippen molar-refractivity contribution in [2.24, 2.45) is 23.7 Å². The number of nitrogens with one attached hydrogen (secondary N) is 6. The summed E-state index contributed by atoms with van der Waals surface area (Å²) in [4.78, 5) is 76.0. The van der Waals surface area contributed by atoms with Crippen LogP contribution in [0.4, 0.5) is 41.6 Å². The maximum absolute atomic E-state index is 15.3. The van der Waals surface area contributed by atoms with Crippen molar-refractivity contribution in [3.63, 3.8) is 0 Å². The van der Waals surface area contributed by atoms with Gasteiger partial charge in [0.1, 0.15) is 0 Å². The van der Waals surface area contributed by atoms with Crippen LogP contribution in [0.3, 0.4) is 0 Å². The Hall–Kier alpha value is -6.46. The van der Waals surface area contributed by atoms with E-state index in [1.807, 2.05) is 12.1 Å². The number of hydrogen-bond donors (Lipinski definition) is 7. The maximum atomic E-state index is 15.3. The van der Waals surface area contributed by atoms with E-state index in [1.165, 1.54) is 0 Å². The Bertz CT molecular complexity index is 2390. The van der Waals surface area contributed by atoms with Gasteiger partial charge in [-0.05, 0) is 96.1 Å². The highest BCUT2D eigenvalue weighted by atomic mass is 35.5. The highest BCUT2D eigenvalue weighted by Gasteiger charge is 2.29. The molecule has 390 valence electrons. The molecule has 72 heavy (non-hydrogen) atoms. The van der Waals surface area contributed by atoms with E-state index in [0.29, 0.717) is 50.8 Å². The molecule has 2 aliphatic carbocycles. The molecule has 0 bridgehead atoms. The minimum Gasteiger partial charge on any atom is -0.465 e. The van der Waals surface area contributed by atoms with Crippen LogP contribution in [0, 0.1) is 35.3 Å². The first-order valence-electron chi connectivity index (χ1n) is 24.0. The third kappa shape index (κ3) is 17.4. The lowest BCUT2D eigenvalue weighted by Crippen LogP contribution is -2.43. The molecule has 25 heteroatoms. The van der Waals surface area contributed by atoms with Crippen LogP contribution in [0.5, 0.6) is 0 Å². The van der Waals surface area contributed by atoms with Crippen LogP contribution in [0.15, 0.2) is 49.1 Å². The molecule has 3 aliphatic rings. The zero-order valence-electron chi connectivity index (χ0n) is 40.2. The summed E-state index contributed by atoms with van der Waals surface area (Å²) in [6.07, 6.45) is 16.3. The van der Waals surface area contributed by atoms with E-state index in [1.54, 1.807) is 60.8 Å². The first kappa shape index (κ1) is 54.9. The van der Waals surface area contributed by atoms with Gasteiger partial charge in [0, 0.05) is 71.5 Å². The van der Waals surface area contributed by atoms with Gasteiger partial charge in [0.25, 0.3) is 0 Å². The van der Waals surface area contributed by atoms with Crippen LogP contribution in [0.25, 0.3) is 0 Å². The fraction of sp³-hybridized carbons (Fsp3) is 0.532. The average Bonchev–Trinajstić information content (AvgIpc) is 4.10. The largest absolute Gasteiger partial charge is 0.465 e. The Balaban J connectivity index is 0.000000239. The Morgan fingerprint density at radius 2 is 1.11 bits per heavy atom. The molecule has 7 N–H and O–H groups in total. The molecule has 3 atom stereocenters. The standard InChI is InChI=1S/C26H35ClFN7O4.C21H27ClFN7O3/c1-35(16-18-9-11-29-12-10-18)23-21(28)22(31-25(27)32-23)33-34-24(36)19(14-17-6-2-3-7-17)15-30-26(37)39-20-8-4-5-13-38-20;1-30(12-14-6-8-24-9-7-14)18-16(23)17(26-20(22)27-18)28-29-19(31)15(11-25-21(32)33)10-13-4-2-3-5-13/h9-12,17,19-20H,2-8,13-16H2,1H3,(H,30,37)(H,34,36)(H,31,32,33);6-9,13,15,25H,2-5,10-12H2,1H3,(H,29,31)(H,32,33)(H,26,27,28)/t19-,20?;15-/m11/s1. The summed E-state index contributed by atoms with van der Waals surface area (Å²) in [5.41, 5.74) is 11.8. The van der Waals surface area contributed by atoms with Crippen molar-refractivity contribution in [3.05, 3.63) is 82.4 Å². The molecule has 21 nitrogen and oxygen atoms in total. The minimum atomic E-state index is -1.21. The Kier molecular flexibility index (Phi) is 21.3. The van der Waals surface area contributed by atoms with Crippen LogP contribution in [0.1, 0.15) is 94.6 Å². The van der Waals surface area contributed by atoms with E-state index in [-0.39, 0.29) is 46.9 Å². The first-order chi connectivity index (χ1) is 34.7. The third-order valence-corrected chi connectivity index (χ3v) is 12.9. The summed E-state index contributed by atoms with van der Waals surface area (Å²) in [6.45, 7) is 1.30. The van der Waals surface area contributed by atoms with Crippen LogP contribution >= 0.6 is 23.2 Å². The van der Waals surface area contributed by atoms with Gasteiger partial charge in [-0.1, -0.05) is 51.4 Å². The molecular formula is C47H62Cl2F2N14O7. The molecular weight excluding hydrogens is 982 g/mol. The number of hydrazine groups is 2. The molecule has 3 fully saturated rings. The van der Waals surface area contributed by atoms with E-state index in [2.05, 4.69) is 62.2 Å².